The van der Waals surface area contributed by atoms with Crippen LogP contribution in [0.3, 0.4) is 0 Å². The normalized spacial score (nSPS) is 14.0. The van der Waals surface area contributed by atoms with Crippen LogP contribution in [0.15, 0.2) is 47.4 Å². The lowest BCUT2D eigenvalue weighted by Crippen LogP contribution is -2.19. The summed E-state index contributed by atoms with van der Waals surface area (Å²) in [4.78, 5) is 0.478. The lowest BCUT2D eigenvalue weighted by Gasteiger charge is -2.15. The fourth-order valence-electron chi connectivity index (χ4n) is 2.12. The van der Waals surface area contributed by atoms with Gasteiger partial charge < -0.3 is 5.73 Å². The van der Waals surface area contributed by atoms with Gasteiger partial charge in [0.2, 0.25) is 0 Å². The van der Waals surface area contributed by atoms with Crippen molar-refractivity contribution in [3.8, 4) is 0 Å². The maximum absolute atomic E-state index is 13.1. The van der Waals surface area contributed by atoms with E-state index < -0.39 is 10.8 Å². The largest absolute Gasteiger partial charge is 0.323 e. The van der Waals surface area contributed by atoms with Gasteiger partial charge in [0.15, 0.2) is 0 Å². The second-order valence-electron chi connectivity index (χ2n) is 4.94. The Morgan fingerprint density at radius 3 is 2.65 bits per heavy atom. The molecule has 2 nitrogen and oxygen atoms in total. The molecular formula is C16H18FNOS. The van der Waals surface area contributed by atoms with E-state index in [0.717, 1.165) is 16.7 Å². The van der Waals surface area contributed by atoms with Crippen LogP contribution in [-0.2, 0) is 10.8 Å². The molecule has 0 amide bonds. The van der Waals surface area contributed by atoms with E-state index in [1.165, 1.54) is 12.1 Å². The Hall–Kier alpha value is -1.52. The highest BCUT2D eigenvalue weighted by atomic mass is 32.2. The van der Waals surface area contributed by atoms with Gasteiger partial charge in [-0.25, -0.2) is 4.39 Å². The lowest BCUT2D eigenvalue weighted by molar-refractivity contribution is 0.622. The summed E-state index contributed by atoms with van der Waals surface area (Å²) in [6, 6.07) is 11.6. The fraction of sp³-hybridized carbons (Fsp3) is 0.250. The number of hydrogen-bond donors (Lipinski definition) is 1. The Morgan fingerprint density at radius 2 is 1.95 bits per heavy atom. The van der Waals surface area contributed by atoms with Crippen LogP contribution in [0.4, 0.5) is 4.39 Å². The molecule has 0 radical (unpaired) electrons. The number of aryl methyl sites for hydroxylation is 2. The Bertz CT molecular complexity index is 642. The summed E-state index contributed by atoms with van der Waals surface area (Å²) in [6.45, 7) is 3.99. The molecule has 0 heterocycles. The Kier molecular flexibility index (Phi) is 4.68. The Balaban J connectivity index is 2.17. The predicted molar refractivity (Wildman–Crippen MR) is 80.5 cm³/mol. The molecular weight excluding hydrogens is 273 g/mol. The van der Waals surface area contributed by atoms with Crippen molar-refractivity contribution in [3.63, 3.8) is 0 Å². The first kappa shape index (κ1) is 14.9. The molecule has 0 aromatic heterocycles. The number of rotatable bonds is 4. The Labute approximate surface area is 121 Å². The van der Waals surface area contributed by atoms with E-state index >= 15 is 0 Å². The van der Waals surface area contributed by atoms with E-state index in [0.29, 0.717) is 4.90 Å². The van der Waals surface area contributed by atoms with Crippen LogP contribution in [0.1, 0.15) is 22.7 Å². The highest BCUT2D eigenvalue weighted by molar-refractivity contribution is 7.85. The first-order valence-electron chi connectivity index (χ1n) is 6.44. The molecule has 0 aliphatic rings. The van der Waals surface area contributed by atoms with E-state index in [1.807, 2.05) is 32.0 Å². The van der Waals surface area contributed by atoms with Gasteiger partial charge >= 0.3 is 0 Å². The van der Waals surface area contributed by atoms with Gasteiger partial charge in [-0.1, -0.05) is 29.8 Å². The van der Waals surface area contributed by atoms with Crippen molar-refractivity contribution in [2.75, 3.05) is 5.75 Å². The van der Waals surface area contributed by atoms with E-state index in [1.54, 1.807) is 12.1 Å². The molecule has 2 rings (SSSR count). The fourth-order valence-corrected chi connectivity index (χ4v) is 3.29. The maximum Gasteiger partial charge on any atom is 0.124 e. The highest BCUT2D eigenvalue weighted by Gasteiger charge is 2.14. The topological polar surface area (TPSA) is 43.1 Å². The lowest BCUT2D eigenvalue weighted by atomic mass is 10.0. The van der Waals surface area contributed by atoms with Crippen LogP contribution in [0.2, 0.25) is 0 Å². The molecule has 2 atom stereocenters. The summed E-state index contributed by atoms with van der Waals surface area (Å²) in [7, 11) is -1.30. The molecule has 2 aromatic carbocycles. The molecule has 20 heavy (non-hydrogen) atoms. The van der Waals surface area contributed by atoms with Gasteiger partial charge in [0, 0.05) is 16.7 Å². The maximum atomic E-state index is 13.1. The molecule has 4 heteroatoms. The van der Waals surface area contributed by atoms with Gasteiger partial charge in [0.1, 0.15) is 5.82 Å². The van der Waals surface area contributed by atoms with Crippen LogP contribution < -0.4 is 5.73 Å². The molecule has 0 fully saturated rings. The third-order valence-electron chi connectivity index (χ3n) is 3.22. The quantitative estimate of drug-likeness (QED) is 0.939. The molecule has 2 unspecified atom stereocenters. The standard InChI is InChI=1S/C16H18FNOS/c1-11-6-7-12(2)15(8-11)16(18)10-20(19)14-5-3-4-13(17)9-14/h3-9,16H,10,18H2,1-2H3. The van der Waals surface area contributed by atoms with Gasteiger partial charge in [-0.3, -0.25) is 4.21 Å². The molecule has 0 spiro atoms. The summed E-state index contributed by atoms with van der Waals surface area (Å²) < 4.78 is 25.4. The van der Waals surface area contributed by atoms with E-state index in [-0.39, 0.29) is 17.6 Å². The summed E-state index contributed by atoms with van der Waals surface area (Å²) in [5, 5.41) is 0. The van der Waals surface area contributed by atoms with Crippen LogP contribution >= 0.6 is 0 Å². The molecule has 106 valence electrons. The van der Waals surface area contributed by atoms with E-state index in [2.05, 4.69) is 0 Å². The number of benzene rings is 2. The minimum absolute atomic E-state index is 0.285. The zero-order valence-electron chi connectivity index (χ0n) is 11.6. The minimum Gasteiger partial charge on any atom is -0.323 e. The molecule has 0 saturated carbocycles. The monoisotopic (exact) mass is 291 g/mol. The molecule has 0 saturated heterocycles. The number of halogens is 1. The highest BCUT2D eigenvalue weighted by Crippen LogP contribution is 2.20. The van der Waals surface area contributed by atoms with Crippen molar-refractivity contribution in [1.29, 1.82) is 0 Å². The molecule has 0 bridgehead atoms. The van der Waals surface area contributed by atoms with Gasteiger partial charge in [-0.05, 0) is 43.2 Å². The second kappa shape index (κ2) is 6.29. The zero-order chi connectivity index (χ0) is 14.7. The molecule has 2 N–H and O–H groups in total. The van der Waals surface area contributed by atoms with Crippen molar-refractivity contribution in [1.82, 2.24) is 0 Å². The predicted octanol–water partition coefficient (Wildman–Crippen LogP) is 3.25. The van der Waals surface area contributed by atoms with Gasteiger partial charge in [-0.15, -0.1) is 0 Å². The van der Waals surface area contributed by atoms with Crippen molar-refractivity contribution >= 4 is 10.8 Å². The molecule has 0 aliphatic heterocycles. The zero-order valence-corrected chi connectivity index (χ0v) is 12.4. The van der Waals surface area contributed by atoms with Gasteiger partial charge in [0.05, 0.1) is 10.8 Å². The third kappa shape index (κ3) is 3.52. The summed E-state index contributed by atoms with van der Waals surface area (Å²) >= 11 is 0. The van der Waals surface area contributed by atoms with Crippen molar-refractivity contribution in [2.45, 2.75) is 24.8 Å². The van der Waals surface area contributed by atoms with Crippen molar-refractivity contribution in [2.24, 2.45) is 5.73 Å². The number of hydrogen-bond acceptors (Lipinski definition) is 2. The number of nitrogens with two attached hydrogens (primary N) is 1. The minimum atomic E-state index is -1.30. The van der Waals surface area contributed by atoms with Gasteiger partial charge in [-0.2, -0.15) is 0 Å². The average molecular weight is 291 g/mol. The second-order valence-corrected chi connectivity index (χ2v) is 6.43. The first-order chi connectivity index (χ1) is 9.47. The Morgan fingerprint density at radius 1 is 1.20 bits per heavy atom. The van der Waals surface area contributed by atoms with E-state index in [9.17, 15) is 8.60 Å². The van der Waals surface area contributed by atoms with Crippen molar-refractivity contribution < 1.29 is 8.60 Å². The SMILES string of the molecule is Cc1ccc(C)c(C(N)CS(=O)c2cccc(F)c2)c1. The smallest absolute Gasteiger partial charge is 0.124 e. The summed E-state index contributed by atoms with van der Waals surface area (Å²) in [5.41, 5.74) is 9.35. The molecule has 0 aliphatic carbocycles. The summed E-state index contributed by atoms with van der Waals surface area (Å²) in [5.74, 6) is -0.0931. The van der Waals surface area contributed by atoms with Crippen LogP contribution in [0, 0.1) is 19.7 Å². The third-order valence-corrected chi connectivity index (χ3v) is 4.67. The van der Waals surface area contributed by atoms with Gasteiger partial charge in [0.25, 0.3) is 0 Å². The van der Waals surface area contributed by atoms with Crippen LogP contribution in [-0.4, -0.2) is 9.96 Å². The average Bonchev–Trinajstić information content (AvgIpc) is 2.41. The van der Waals surface area contributed by atoms with E-state index in [4.69, 9.17) is 5.73 Å². The molecule has 2 aromatic rings. The van der Waals surface area contributed by atoms with Crippen LogP contribution in [0.5, 0.6) is 0 Å². The first-order valence-corrected chi connectivity index (χ1v) is 7.76. The van der Waals surface area contributed by atoms with Crippen molar-refractivity contribution in [3.05, 3.63) is 65.0 Å². The summed E-state index contributed by atoms with van der Waals surface area (Å²) in [6.07, 6.45) is 0. The van der Waals surface area contributed by atoms with Crippen LogP contribution in [0.25, 0.3) is 0 Å².